The number of carbonyl (C=O) groups is 2. The number of benzene rings is 2. The number of halogens is 2. The first-order chi connectivity index (χ1) is 16.7. The van der Waals surface area contributed by atoms with E-state index in [-0.39, 0.29) is 22.7 Å². The third-order valence-corrected chi connectivity index (χ3v) is 7.13. The summed E-state index contributed by atoms with van der Waals surface area (Å²) in [4.78, 5) is 33.3. The van der Waals surface area contributed by atoms with Crippen LogP contribution in [0.3, 0.4) is 0 Å². The van der Waals surface area contributed by atoms with Crippen molar-refractivity contribution < 1.29 is 19.1 Å². The molecule has 3 N–H and O–H groups in total. The minimum absolute atomic E-state index is 0.0133. The number of aromatic nitrogens is 1. The molecular weight excluding hydrogens is 471 g/mol. The number of carbonyl (C=O) groups excluding carboxylic acids is 2. The summed E-state index contributed by atoms with van der Waals surface area (Å²) in [6, 6.07) is 8.69. The van der Waals surface area contributed by atoms with Gasteiger partial charge in [0.15, 0.2) is 0 Å². The molecule has 0 spiro atoms. The van der Waals surface area contributed by atoms with Crippen molar-refractivity contribution in [1.29, 1.82) is 0 Å². The number of hydrogen-bond acceptors (Lipinski definition) is 4. The van der Waals surface area contributed by atoms with Gasteiger partial charge >= 0.3 is 6.03 Å². The highest BCUT2D eigenvalue weighted by Gasteiger charge is 2.51. The Kier molecular flexibility index (Phi) is 6.19. The Bertz CT molecular complexity index is 1310. The predicted molar refractivity (Wildman–Crippen MR) is 132 cm³/mol. The van der Waals surface area contributed by atoms with Crippen molar-refractivity contribution in [2.75, 3.05) is 13.1 Å². The lowest BCUT2D eigenvalue weighted by molar-refractivity contribution is -0.128. The van der Waals surface area contributed by atoms with E-state index < -0.39 is 17.9 Å². The van der Waals surface area contributed by atoms with E-state index in [0.29, 0.717) is 43.9 Å². The Balaban J connectivity index is 1.53. The second-order valence-corrected chi connectivity index (χ2v) is 9.99. The Hall–Kier alpha value is -3.10. The van der Waals surface area contributed by atoms with Crippen LogP contribution in [0.5, 0.6) is 5.75 Å². The highest BCUT2D eigenvalue weighted by atomic mass is 35.5. The van der Waals surface area contributed by atoms with Crippen LogP contribution < -0.4 is 5.32 Å². The number of H-pyrrole nitrogens is 1. The molecule has 2 aliphatic rings. The first kappa shape index (κ1) is 23.6. The Morgan fingerprint density at radius 3 is 2.80 bits per heavy atom. The number of fused-ring (bicyclic) bond motifs is 4. The van der Waals surface area contributed by atoms with E-state index in [1.807, 2.05) is 6.07 Å². The minimum Gasteiger partial charge on any atom is -0.508 e. The molecule has 7 nitrogen and oxygen atoms in total. The average Bonchev–Trinajstić information content (AvgIpc) is 3.26. The SMILES string of the molecule is CC(C)NCCCN1C(=O)[C@@H]2Cc3c([nH]c4cc(F)c(Cl)cc34)C(Cc3cccc(O)c3)N2C1=O. The molecule has 9 heteroatoms. The number of rotatable bonds is 7. The van der Waals surface area contributed by atoms with Crippen molar-refractivity contribution in [3.63, 3.8) is 0 Å². The number of aromatic amines is 1. The van der Waals surface area contributed by atoms with Gasteiger partial charge in [0.1, 0.15) is 17.6 Å². The molecule has 1 aromatic heterocycles. The Morgan fingerprint density at radius 2 is 2.06 bits per heavy atom. The zero-order valence-electron chi connectivity index (χ0n) is 19.6. The molecule has 2 aromatic carbocycles. The summed E-state index contributed by atoms with van der Waals surface area (Å²) in [7, 11) is 0. The maximum absolute atomic E-state index is 14.2. The molecule has 1 unspecified atom stereocenters. The fourth-order valence-corrected chi connectivity index (χ4v) is 5.41. The lowest BCUT2D eigenvalue weighted by Gasteiger charge is -2.36. The van der Waals surface area contributed by atoms with Crippen molar-refractivity contribution in [3.8, 4) is 5.75 Å². The molecule has 35 heavy (non-hydrogen) atoms. The van der Waals surface area contributed by atoms with Crippen molar-refractivity contribution in [2.24, 2.45) is 0 Å². The monoisotopic (exact) mass is 498 g/mol. The number of phenols is 1. The third-order valence-electron chi connectivity index (χ3n) is 6.84. The van der Waals surface area contributed by atoms with Gasteiger partial charge in [-0.3, -0.25) is 9.69 Å². The quantitative estimate of drug-likeness (QED) is 0.330. The van der Waals surface area contributed by atoms with E-state index in [1.54, 1.807) is 29.2 Å². The van der Waals surface area contributed by atoms with Crippen LogP contribution in [0.4, 0.5) is 9.18 Å². The summed E-state index contributed by atoms with van der Waals surface area (Å²) in [6.45, 7) is 5.15. The minimum atomic E-state index is -0.641. The first-order valence-corrected chi connectivity index (χ1v) is 12.3. The van der Waals surface area contributed by atoms with Gasteiger partial charge in [0.05, 0.1) is 11.1 Å². The van der Waals surface area contributed by atoms with E-state index in [2.05, 4.69) is 24.1 Å². The number of aromatic hydroxyl groups is 1. The number of hydrogen-bond donors (Lipinski definition) is 3. The molecular formula is C26H28ClFN4O3. The average molecular weight is 499 g/mol. The van der Waals surface area contributed by atoms with E-state index in [9.17, 15) is 19.1 Å². The van der Waals surface area contributed by atoms with Gasteiger partial charge in [0.2, 0.25) is 0 Å². The van der Waals surface area contributed by atoms with Crippen molar-refractivity contribution in [2.45, 2.75) is 51.2 Å². The van der Waals surface area contributed by atoms with Crippen LogP contribution in [0.25, 0.3) is 10.9 Å². The van der Waals surface area contributed by atoms with E-state index in [1.165, 1.54) is 11.0 Å². The maximum Gasteiger partial charge on any atom is 0.328 e. The molecule has 0 saturated carbocycles. The van der Waals surface area contributed by atoms with Crippen molar-refractivity contribution >= 4 is 34.4 Å². The number of amides is 3. The van der Waals surface area contributed by atoms with Gasteiger partial charge < -0.3 is 20.3 Å². The van der Waals surface area contributed by atoms with Crippen molar-refractivity contribution in [3.05, 3.63) is 64.1 Å². The summed E-state index contributed by atoms with van der Waals surface area (Å²) in [5.74, 6) is -0.617. The van der Waals surface area contributed by atoms with Gasteiger partial charge in [-0.2, -0.15) is 0 Å². The van der Waals surface area contributed by atoms with Gasteiger partial charge in [-0.25, -0.2) is 9.18 Å². The largest absolute Gasteiger partial charge is 0.508 e. The highest BCUT2D eigenvalue weighted by Crippen LogP contribution is 2.43. The molecule has 2 aliphatic heterocycles. The van der Waals surface area contributed by atoms with Crippen molar-refractivity contribution in [1.82, 2.24) is 20.1 Å². The summed E-state index contributed by atoms with van der Waals surface area (Å²) >= 11 is 6.09. The molecule has 3 aromatic rings. The molecule has 0 aliphatic carbocycles. The lowest BCUT2D eigenvalue weighted by Crippen LogP contribution is -2.44. The van der Waals surface area contributed by atoms with Crippen LogP contribution in [-0.4, -0.2) is 57.0 Å². The standard InChI is InChI=1S/C26H28ClFN4O3/c1-14(2)29-7-4-8-31-25(34)23-12-18-17-11-19(27)20(28)13-21(17)30-24(18)22(32(23)26(31)35)10-15-5-3-6-16(33)9-15/h3,5-6,9,11,13-14,22-23,29-30,33H,4,7-8,10,12H2,1-2H3/t22?,23-/m0/s1. The number of nitrogens with zero attached hydrogens (tertiary/aromatic N) is 2. The van der Waals surface area contributed by atoms with Crippen LogP contribution in [0.1, 0.15) is 43.1 Å². The molecule has 3 amide bonds. The zero-order valence-corrected chi connectivity index (χ0v) is 20.4. The fraction of sp³-hybridized carbons (Fsp3) is 0.385. The topological polar surface area (TPSA) is 88.7 Å². The van der Waals surface area contributed by atoms with Crippen LogP contribution in [0, 0.1) is 5.82 Å². The van der Waals surface area contributed by atoms with Gasteiger partial charge in [0.25, 0.3) is 5.91 Å². The molecule has 1 saturated heterocycles. The normalized spacial score (nSPS) is 19.7. The number of urea groups is 1. The van der Waals surface area contributed by atoms with Crippen LogP contribution in [0.2, 0.25) is 5.02 Å². The van der Waals surface area contributed by atoms with E-state index in [4.69, 9.17) is 11.6 Å². The lowest BCUT2D eigenvalue weighted by atomic mass is 9.89. The van der Waals surface area contributed by atoms with Gasteiger partial charge in [0, 0.05) is 35.6 Å². The molecule has 5 rings (SSSR count). The first-order valence-electron chi connectivity index (χ1n) is 11.9. The third kappa shape index (κ3) is 4.25. The van der Waals surface area contributed by atoms with Gasteiger partial charge in [-0.05, 0) is 54.8 Å². The fourth-order valence-electron chi connectivity index (χ4n) is 5.25. The smallest absolute Gasteiger partial charge is 0.328 e. The summed E-state index contributed by atoms with van der Waals surface area (Å²) in [6.07, 6.45) is 1.39. The van der Waals surface area contributed by atoms with Crippen LogP contribution >= 0.6 is 11.6 Å². The van der Waals surface area contributed by atoms with Gasteiger partial charge in [-0.1, -0.05) is 37.6 Å². The molecule has 1 fully saturated rings. The zero-order chi connectivity index (χ0) is 24.9. The Morgan fingerprint density at radius 1 is 1.26 bits per heavy atom. The second-order valence-electron chi connectivity index (χ2n) is 9.58. The number of nitrogens with one attached hydrogen (secondary N) is 2. The van der Waals surface area contributed by atoms with Gasteiger partial charge in [-0.15, -0.1) is 0 Å². The van der Waals surface area contributed by atoms with E-state index in [0.717, 1.165) is 22.2 Å². The maximum atomic E-state index is 14.2. The highest BCUT2D eigenvalue weighted by molar-refractivity contribution is 6.31. The van der Waals surface area contributed by atoms with Crippen LogP contribution in [0.15, 0.2) is 36.4 Å². The summed E-state index contributed by atoms with van der Waals surface area (Å²) in [5.41, 5.74) is 3.04. The predicted octanol–water partition coefficient (Wildman–Crippen LogP) is 4.53. The Labute approximate surface area is 207 Å². The molecule has 0 bridgehead atoms. The molecule has 2 atom stereocenters. The molecule has 184 valence electrons. The summed E-state index contributed by atoms with van der Waals surface area (Å²) < 4.78 is 14.2. The number of imide groups is 1. The molecule has 0 radical (unpaired) electrons. The number of phenolic OH excluding ortho intramolecular Hbond substituents is 1. The second kappa shape index (κ2) is 9.17. The van der Waals surface area contributed by atoms with E-state index >= 15 is 0 Å². The summed E-state index contributed by atoms with van der Waals surface area (Å²) in [5, 5.41) is 14.1. The van der Waals surface area contributed by atoms with Crippen LogP contribution in [-0.2, 0) is 17.6 Å². The molecule has 3 heterocycles.